The maximum absolute atomic E-state index is 11.0. The first kappa shape index (κ1) is 13.1. The third-order valence-corrected chi connectivity index (χ3v) is 3.03. The van der Waals surface area contributed by atoms with Gasteiger partial charge in [-0.2, -0.15) is 0 Å². The molecule has 1 atom stereocenters. The summed E-state index contributed by atoms with van der Waals surface area (Å²) in [5, 5.41) is 12.2. The van der Waals surface area contributed by atoms with E-state index in [-0.39, 0.29) is 11.8 Å². The molecule has 4 nitrogen and oxygen atoms in total. The van der Waals surface area contributed by atoms with Gasteiger partial charge in [-0.15, -0.1) is 11.3 Å². The molecule has 0 radical (unpaired) electrons. The smallest absolute Gasteiger partial charge is 0.335 e. The van der Waals surface area contributed by atoms with Crippen LogP contribution < -0.4 is 0 Å². The minimum absolute atomic E-state index is 0.00896. The lowest BCUT2D eigenvalue weighted by atomic mass is 9.93. The molecule has 1 aromatic heterocycles. The third-order valence-electron chi connectivity index (χ3n) is 2.16. The van der Waals surface area contributed by atoms with Crippen molar-refractivity contribution >= 4 is 17.3 Å². The molecule has 0 amide bonds. The molecular weight excluding hydrogens is 226 g/mol. The molecule has 1 heterocycles. The minimum Gasteiger partial charge on any atom is -0.467 e. The third kappa shape index (κ3) is 3.28. The SMILES string of the molecule is COC(=O)C(O)Cc1nc(C(C)(C)C)cs1. The van der Waals surface area contributed by atoms with Crippen molar-refractivity contribution in [2.24, 2.45) is 0 Å². The first-order valence-corrected chi connectivity index (χ1v) is 5.93. The van der Waals surface area contributed by atoms with E-state index in [0.29, 0.717) is 0 Å². The van der Waals surface area contributed by atoms with Gasteiger partial charge in [0.2, 0.25) is 0 Å². The number of carbonyl (C=O) groups excluding carboxylic acids is 1. The maximum Gasteiger partial charge on any atom is 0.335 e. The van der Waals surface area contributed by atoms with E-state index in [2.05, 4.69) is 30.5 Å². The number of aliphatic hydroxyl groups excluding tert-OH is 1. The number of hydrogen-bond acceptors (Lipinski definition) is 5. The number of aliphatic hydroxyl groups is 1. The zero-order chi connectivity index (χ0) is 12.3. The van der Waals surface area contributed by atoms with Crippen LogP contribution in [0.3, 0.4) is 0 Å². The Morgan fingerprint density at radius 1 is 1.62 bits per heavy atom. The van der Waals surface area contributed by atoms with Crippen LogP contribution in [0.1, 0.15) is 31.5 Å². The summed E-state index contributed by atoms with van der Waals surface area (Å²) in [6, 6.07) is 0. The second-order valence-electron chi connectivity index (χ2n) is 4.62. The fourth-order valence-corrected chi connectivity index (χ4v) is 2.19. The van der Waals surface area contributed by atoms with E-state index < -0.39 is 12.1 Å². The number of ether oxygens (including phenoxy) is 1. The molecule has 1 unspecified atom stereocenters. The highest BCUT2D eigenvalue weighted by Crippen LogP contribution is 2.24. The Bertz CT molecular complexity index is 368. The normalized spacial score (nSPS) is 13.6. The number of thiazole rings is 1. The quantitative estimate of drug-likeness (QED) is 0.818. The number of aromatic nitrogens is 1. The van der Waals surface area contributed by atoms with Crippen molar-refractivity contribution < 1.29 is 14.6 Å². The Balaban J connectivity index is 2.69. The summed E-state index contributed by atoms with van der Waals surface area (Å²) in [5.74, 6) is -0.618. The topological polar surface area (TPSA) is 59.4 Å². The molecule has 1 N–H and O–H groups in total. The van der Waals surface area contributed by atoms with Crippen molar-refractivity contribution in [1.29, 1.82) is 0 Å². The van der Waals surface area contributed by atoms with Gasteiger partial charge in [0.25, 0.3) is 0 Å². The fourth-order valence-electron chi connectivity index (χ4n) is 1.13. The number of esters is 1. The van der Waals surface area contributed by atoms with Gasteiger partial charge in [-0.3, -0.25) is 0 Å². The van der Waals surface area contributed by atoms with Crippen molar-refractivity contribution in [2.75, 3.05) is 7.11 Å². The highest BCUT2D eigenvalue weighted by atomic mass is 32.1. The number of rotatable bonds is 3. The highest BCUT2D eigenvalue weighted by Gasteiger charge is 2.21. The lowest BCUT2D eigenvalue weighted by Gasteiger charge is -2.14. The van der Waals surface area contributed by atoms with E-state index in [1.807, 2.05) is 5.38 Å². The van der Waals surface area contributed by atoms with Crippen molar-refractivity contribution in [2.45, 2.75) is 38.7 Å². The number of hydrogen-bond donors (Lipinski definition) is 1. The van der Waals surface area contributed by atoms with Gasteiger partial charge in [0.1, 0.15) is 0 Å². The summed E-state index contributed by atoms with van der Waals surface area (Å²) >= 11 is 1.45. The largest absolute Gasteiger partial charge is 0.467 e. The van der Waals surface area contributed by atoms with Crippen molar-refractivity contribution in [3.63, 3.8) is 0 Å². The molecule has 0 spiro atoms. The summed E-state index contributed by atoms with van der Waals surface area (Å²) < 4.78 is 4.45. The molecule has 5 heteroatoms. The lowest BCUT2D eigenvalue weighted by molar-refractivity contribution is -0.150. The Hall–Kier alpha value is -0.940. The summed E-state index contributed by atoms with van der Waals surface area (Å²) in [4.78, 5) is 15.4. The lowest BCUT2D eigenvalue weighted by Crippen LogP contribution is -2.24. The van der Waals surface area contributed by atoms with E-state index in [4.69, 9.17) is 0 Å². The zero-order valence-electron chi connectivity index (χ0n) is 9.98. The molecule has 0 saturated carbocycles. The summed E-state index contributed by atoms with van der Waals surface area (Å²) in [7, 11) is 1.26. The Labute approximate surface area is 99.3 Å². The molecule has 0 aliphatic heterocycles. The summed E-state index contributed by atoms with van der Waals surface area (Å²) in [5.41, 5.74) is 0.967. The van der Waals surface area contributed by atoms with Gasteiger partial charge in [0, 0.05) is 17.2 Å². The van der Waals surface area contributed by atoms with Gasteiger partial charge in [-0.1, -0.05) is 20.8 Å². The average Bonchev–Trinajstić information content (AvgIpc) is 2.64. The van der Waals surface area contributed by atoms with Crippen LogP contribution in [0, 0.1) is 0 Å². The summed E-state index contributed by atoms with van der Waals surface area (Å²) in [6.45, 7) is 6.22. The monoisotopic (exact) mass is 243 g/mol. The van der Waals surface area contributed by atoms with E-state index in [9.17, 15) is 9.90 Å². The predicted molar refractivity (Wildman–Crippen MR) is 62.5 cm³/mol. The molecule has 90 valence electrons. The van der Waals surface area contributed by atoms with Crippen molar-refractivity contribution in [3.05, 3.63) is 16.1 Å². The maximum atomic E-state index is 11.0. The number of nitrogens with zero attached hydrogens (tertiary/aromatic N) is 1. The number of carbonyl (C=O) groups is 1. The van der Waals surface area contributed by atoms with Crippen LogP contribution in [0.2, 0.25) is 0 Å². The molecule has 0 bridgehead atoms. The van der Waals surface area contributed by atoms with Crippen LogP contribution in [0.5, 0.6) is 0 Å². The van der Waals surface area contributed by atoms with Crippen LogP contribution in [0.4, 0.5) is 0 Å². The zero-order valence-corrected chi connectivity index (χ0v) is 10.8. The molecule has 1 aromatic rings. The molecule has 0 aliphatic rings. The van der Waals surface area contributed by atoms with Crippen LogP contribution >= 0.6 is 11.3 Å². The van der Waals surface area contributed by atoms with E-state index in [0.717, 1.165) is 10.7 Å². The van der Waals surface area contributed by atoms with Gasteiger partial charge in [-0.05, 0) is 0 Å². The molecule has 0 fully saturated rings. The molecule has 0 aromatic carbocycles. The van der Waals surface area contributed by atoms with Crippen LogP contribution in [0.25, 0.3) is 0 Å². The second-order valence-corrected chi connectivity index (χ2v) is 5.56. The fraction of sp³-hybridized carbons (Fsp3) is 0.636. The summed E-state index contributed by atoms with van der Waals surface area (Å²) in [6.07, 6.45) is -0.906. The molecule has 0 aliphatic carbocycles. The van der Waals surface area contributed by atoms with Gasteiger partial charge in [-0.25, -0.2) is 9.78 Å². The number of methoxy groups -OCH3 is 1. The average molecular weight is 243 g/mol. The second kappa shape index (κ2) is 4.93. The standard InChI is InChI=1S/C11H17NO3S/c1-11(2,3)8-6-16-9(12-8)5-7(13)10(14)15-4/h6-7,13H,5H2,1-4H3. The van der Waals surface area contributed by atoms with Crippen molar-refractivity contribution in [3.8, 4) is 0 Å². The molecule has 0 saturated heterocycles. The van der Waals surface area contributed by atoms with Gasteiger partial charge in [0.15, 0.2) is 6.10 Å². The van der Waals surface area contributed by atoms with Crippen LogP contribution in [0.15, 0.2) is 5.38 Å². The van der Waals surface area contributed by atoms with Gasteiger partial charge < -0.3 is 9.84 Å². The predicted octanol–water partition coefficient (Wildman–Crippen LogP) is 1.52. The Morgan fingerprint density at radius 3 is 2.69 bits per heavy atom. The van der Waals surface area contributed by atoms with Crippen LogP contribution in [-0.2, 0) is 21.4 Å². The van der Waals surface area contributed by atoms with E-state index in [1.54, 1.807) is 0 Å². The first-order valence-electron chi connectivity index (χ1n) is 5.05. The van der Waals surface area contributed by atoms with Gasteiger partial charge in [0.05, 0.1) is 17.8 Å². The van der Waals surface area contributed by atoms with Gasteiger partial charge >= 0.3 is 5.97 Å². The Kier molecular flexibility index (Phi) is 4.04. The first-order chi connectivity index (χ1) is 7.34. The highest BCUT2D eigenvalue weighted by molar-refractivity contribution is 7.09. The molecule has 1 rings (SSSR count). The van der Waals surface area contributed by atoms with E-state index >= 15 is 0 Å². The van der Waals surface area contributed by atoms with E-state index in [1.165, 1.54) is 18.4 Å². The minimum atomic E-state index is -1.12. The molecular formula is C11H17NO3S. The Morgan fingerprint density at radius 2 is 2.25 bits per heavy atom. The van der Waals surface area contributed by atoms with Crippen LogP contribution in [-0.4, -0.2) is 29.3 Å². The molecule has 16 heavy (non-hydrogen) atoms. The van der Waals surface area contributed by atoms with Crippen molar-refractivity contribution in [1.82, 2.24) is 4.98 Å².